The van der Waals surface area contributed by atoms with Gasteiger partial charge in [-0.25, -0.2) is 4.98 Å². The molecule has 4 aromatic heterocycles. The Morgan fingerprint density at radius 1 is 0.447 bits per heavy atom. The van der Waals surface area contributed by atoms with Crippen molar-refractivity contribution >= 4 is 66.4 Å². The van der Waals surface area contributed by atoms with Gasteiger partial charge in [0.05, 0.1) is 51.0 Å². The number of ether oxygens (including phenoxy) is 1. The SMILES string of the molecule is CC(C)(C)c1ccnc(-n2c3cc(Oc4cccc(N5CN(c6c(-c7ccccc7)cccc6-c6ccccc6)c6cnccc65)c4)ccc3c3c4c(ccc32)-n2c3ccccc3c3cccc(c32)-c2ccccc2-4)c1. The van der Waals surface area contributed by atoms with Gasteiger partial charge in [0.25, 0.3) is 0 Å². The Morgan fingerprint density at radius 3 is 1.93 bits per heavy atom. The van der Waals surface area contributed by atoms with Crippen molar-refractivity contribution in [2.75, 3.05) is 16.5 Å². The highest BCUT2D eigenvalue weighted by Gasteiger charge is 2.33. The third-order valence-electron chi connectivity index (χ3n) is 15.6. The van der Waals surface area contributed by atoms with Crippen LogP contribution in [0.4, 0.5) is 22.7 Å². The van der Waals surface area contributed by atoms with E-state index in [1.54, 1.807) is 0 Å². The zero-order valence-electron chi connectivity index (χ0n) is 42.3. The van der Waals surface area contributed by atoms with Gasteiger partial charge in [-0.2, -0.15) is 0 Å². The summed E-state index contributed by atoms with van der Waals surface area (Å²) in [5.74, 6) is 2.33. The molecule has 0 saturated carbocycles. The Labute approximate surface area is 440 Å². The predicted molar refractivity (Wildman–Crippen MR) is 313 cm³/mol. The average Bonchev–Trinajstić information content (AvgIpc) is 4.32. The molecule has 0 unspecified atom stereocenters. The summed E-state index contributed by atoms with van der Waals surface area (Å²) in [7, 11) is 0. The van der Waals surface area contributed by atoms with E-state index in [1.165, 1.54) is 55.0 Å². The molecule has 6 heterocycles. The summed E-state index contributed by atoms with van der Waals surface area (Å²) in [4.78, 5) is 14.6. The van der Waals surface area contributed by atoms with Crippen molar-refractivity contribution in [2.45, 2.75) is 26.2 Å². The van der Waals surface area contributed by atoms with Gasteiger partial charge in [0.15, 0.2) is 0 Å². The van der Waals surface area contributed by atoms with E-state index in [2.05, 4.69) is 252 Å². The molecule has 9 aromatic carbocycles. The fourth-order valence-corrected chi connectivity index (χ4v) is 12.2. The Hall–Kier alpha value is -9.72. The Bertz CT molecular complexity index is 4410. The first-order valence-corrected chi connectivity index (χ1v) is 26.1. The van der Waals surface area contributed by atoms with Crippen molar-refractivity contribution in [3.8, 4) is 67.5 Å². The van der Waals surface area contributed by atoms with Gasteiger partial charge in [-0.1, -0.05) is 166 Å². The van der Waals surface area contributed by atoms with Crippen LogP contribution in [0.5, 0.6) is 11.5 Å². The van der Waals surface area contributed by atoms with Crippen molar-refractivity contribution in [1.82, 2.24) is 19.1 Å². The highest BCUT2D eigenvalue weighted by Crippen LogP contribution is 2.53. The molecular formula is C69H50N6O. The van der Waals surface area contributed by atoms with Crippen LogP contribution < -0.4 is 14.5 Å². The molecule has 0 bridgehead atoms. The molecule has 0 N–H and O–H groups in total. The van der Waals surface area contributed by atoms with Gasteiger partial charge in [-0.15, -0.1) is 0 Å². The molecule has 0 spiro atoms. The third kappa shape index (κ3) is 6.75. The molecule has 15 rings (SSSR count). The van der Waals surface area contributed by atoms with Gasteiger partial charge in [-0.3, -0.25) is 9.55 Å². The van der Waals surface area contributed by atoms with Crippen LogP contribution >= 0.6 is 0 Å². The lowest BCUT2D eigenvalue weighted by Crippen LogP contribution is -2.25. The van der Waals surface area contributed by atoms with E-state index in [0.717, 1.165) is 84.4 Å². The molecule has 76 heavy (non-hydrogen) atoms. The van der Waals surface area contributed by atoms with Gasteiger partial charge in [0.1, 0.15) is 24.0 Å². The number of benzene rings is 9. The summed E-state index contributed by atoms with van der Waals surface area (Å²) in [6, 6.07) is 78.6. The second kappa shape index (κ2) is 16.9. The van der Waals surface area contributed by atoms with Crippen LogP contribution in [-0.2, 0) is 5.41 Å². The number of aromatic nitrogens is 4. The average molecular weight is 979 g/mol. The highest BCUT2D eigenvalue weighted by atomic mass is 16.5. The smallest absolute Gasteiger partial charge is 0.137 e. The zero-order valence-corrected chi connectivity index (χ0v) is 42.3. The number of anilines is 4. The maximum atomic E-state index is 7.02. The van der Waals surface area contributed by atoms with Crippen LogP contribution in [0.3, 0.4) is 0 Å². The monoisotopic (exact) mass is 978 g/mol. The lowest BCUT2D eigenvalue weighted by atomic mass is 9.88. The number of pyridine rings is 2. The van der Waals surface area contributed by atoms with E-state index < -0.39 is 0 Å². The van der Waals surface area contributed by atoms with Crippen molar-refractivity contribution in [3.63, 3.8) is 0 Å². The lowest BCUT2D eigenvalue weighted by molar-refractivity contribution is 0.483. The molecule has 7 heteroatoms. The van der Waals surface area contributed by atoms with E-state index >= 15 is 0 Å². The molecule has 0 aliphatic carbocycles. The van der Waals surface area contributed by atoms with Crippen LogP contribution in [0.2, 0.25) is 0 Å². The molecule has 13 aromatic rings. The standard InChI is InChI=1S/C69H50N6O/c1-69(2,3)46-35-38-71-64(39-46)74-60-33-34-61-65(54-25-11-10-23-52(54)55-28-16-29-56-53-24-12-13-30-58(53)75(61)68(55)56)66(60)57-32-31-49(41-62(57)74)76-48-22-14-21-47(40-48)72-43-73(63-42-70-37-36-59(63)72)67-50(44-17-6-4-7-18-44)26-15-27-51(67)45-19-8-5-9-20-45/h4-42H,43H2,1-3H3. The number of nitrogens with zero attached hydrogens (tertiary/aromatic N) is 6. The lowest BCUT2D eigenvalue weighted by Gasteiger charge is -2.27. The van der Waals surface area contributed by atoms with Crippen LogP contribution in [0, 0.1) is 0 Å². The summed E-state index contributed by atoms with van der Waals surface area (Å²) >= 11 is 0. The molecule has 0 saturated heterocycles. The van der Waals surface area contributed by atoms with Gasteiger partial charge >= 0.3 is 0 Å². The number of rotatable bonds is 7. The first kappa shape index (κ1) is 43.8. The van der Waals surface area contributed by atoms with Gasteiger partial charge in [0, 0.05) is 74.0 Å². The fraction of sp³-hybridized carbons (Fsp3) is 0.0725. The fourth-order valence-electron chi connectivity index (χ4n) is 12.2. The van der Waals surface area contributed by atoms with E-state index in [0.29, 0.717) is 6.67 Å². The first-order valence-electron chi connectivity index (χ1n) is 26.1. The number of para-hydroxylation sites is 3. The summed E-state index contributed by atoms with van der Waals surface area (Å²) in [6.45, 7) is 7.35. The van der Waals surface area contributed by atoms with E-state index in [1.807, 2.05) is 24.7 Å². The second-order valence-corrected chi connectivity index (χ2v) is 21.0. The maximum absolute atomic E-state index is 7.02. The molecule has 7 nitrogen and oxygen atoms in total. The topological polar surface area (TPSA) is 51.4 Å². The van der Waals surface area contributed by atoms with Crippen LogP contribution in [0.25, 0.3) is 99.6 Å². The first-order chi connectivity index (χ1) is 37.4. The molecule has 0 fully saturated rings. The van der Waals surface area contributed by atoms with Gasteiger partial charge in [0.2, 0.25) is 0 Å². The summed E-state index contributed by atoms with van der Waals surface area (Å²) < 4.78 is 11.9. The number of hydrogen-bond acceptors (Lipinski definition) is 5. The molecule has 2 aliphatic heterocycles. The molecule has 362 valence electrons. The minimum atomic E-state index is -0.0861. The van der Waals surface area contributed by atoms with Crippen LogP contribution in [0.15, 0.2) is 237 Å². The summed E-state index contributed by atoms with van der Waals surface area (Å²) in [6.07, 6.45) is 5.83. The minimum absolute atomic E-state index is 0.0861. The molecule has 2 aliphatic rings. The van der Waals surface area contributed by atoms with Crippen molar-refractivity contribution < 1.29 is 4.74 Å². The van der Waals surface area contributed by atoms with E-state index in [4.69, 9.17) is 14.7 Å². The normalized spacial score (nSPS) is 12.8. The predicted octanol–water partition coefficient (Wildman–Crippen LogP) is 18.0. The highest BCUT2D eigenvalue weighted by molar-refractivity contribution is 6.23. The number of fused-ring (bicyclic) bond motifs is 13. The largest absolute Gasteiger partial charge is 0.457 e. The van der Waals surface area contributed by atoms with Crippen molar-refractivity contribution in [3.05, 3.63) is 243 Å². The molecule has 0 amide bonds. The Kier molecular flexibility index (Phi) is 9.75. The number of hydrogen-bond donors (Lipinski definition) is 0. The molecule has 0 atom stereocenters. The van der Waals surface area contributed by atoms with Gasteiger partial charge in [-0.05, 0) is 93.9 Å². The van der Waals surface area contributed by atoms with Gasteiger partial charge < -0.3 is 19.1 Å². The maximum Gasteiger partial charge on any atom is 0.137 e. The zero-order chi connectivity index (χ0) is 50.6. The van der Waals surface area contributed by atoms with E-state index in [-0.39, 0.29) is 5.41 Å². The van der Waals surface area contributed by atoms with Crippen LogP contribution in [-0.4, -0.2) is 25.8 Å². The molecule has 0 radical (unpaired) electrons. The summed E-state index contributed by atoms with van der Waals surface area (Å²) in [5.41, 5.74) is 20.5. The quantitative estimate of drug-likeness (QED) is 0.159. The van der Waals surface area contributed by atoms with Crippen molar-refractivity contribution in [2.24, 2.45) is 0 Å². The van der Waals surface area contributed by atoms with Crippen molar-refractivity contribution in [1.29, 1.82) is 0 Å². The Morgan fingerprint density at radius 2 is 1.13 bits per heavy atom. The Balaban J connectivity index is 0.880. The summed E-state index contributed by atoms with van der Waals surface area (Å²) in [5, 5.41) is 4.79. The van der Waals surface area contributed by atoms with E-state index in [9.17, 15) is 0 Å². The van der Waals surface area contributed by atoms with Crippen LogP contribution in [0.1, 0.15) is 26.3 Å². The minimum Gasteiger partial charge on any atom is -0.457 e. The third-order valence-corrected chi connectivity index (χ3v) is 15.6. The molecular weight excluding hydrogens is 929 g/mol. The second-order valence-electron chi connectivity index (χ2n) is 21.0.